The fraction of sp³-hybridized carbons (Fsp3) is 0.417. The van der Waals surface area contributed by atoms with Crippen LogP contribution in [0.3, 0.4) is 0 Å². The number of benzene rings is 1. The van der Waals surface area contributed by atoms with E-state index in [1.165, 1.54) is 0 Å². The van der Waals surface area contributed by atoms with Gasteiger partial charge in [-0.1, -0.05) is 6.07 Å². The quantitative estimate of drug-likeness (QED) is 0.766. The summed E-state index contributed by atoms with van der Waals surface area (Å²) >= 11 is 0. The molecule has 16 heavy (non-hydrogen) atoms. The first-order valence-electron chi connectivity index (χ1n) is 5.34. The number of nitrogens with two attached hydrogens (primary N) is 1. The van der Waals surface area contributed by atoms with Crippen molar-refractivity contribution in [1.29, 1.82) is 0 Å². The van der Waals surface area contributed by atoms with E-state index < -0.39 is 0 Å². The predicted molar refractivity (Wildman–Crippen MR) is 68.0 cm³/mol. The van der Waals surface area contributed by atoms with Gasteiger partial charge < -0.3 is 10.6 Å². The largest absolute Gasteiger partial charge is 0.399 e. The van der Waals surface area contributed by atoms with Crippen LogP contribution in [0.1, 0.15) is 28.8 Å². The molecule has 2 N–H and O–H groups in total. The lowest BCUT2D eigenvalue weighted by atomic mass is 10.1. The number of likely N-dealkylation sites (tertiary alicyclic amines) is 1. The average molecular weight is 241 g/mol. The van der Waals surface area contributed by atoms with Crippen molar-refractivity contribution >= 4 is 24.0 Å². The van der Waals surface area contributed by atoms with Crippen LogP contribution in [-0.4, -0.2) is 23.9 Å². The number of rotatable bonds is 1. The van der Waals surface area contributed by atoms with Crippen molar-refractivity contribution < 1.29 is 4.79 Å². The summed E-state index contributed by atoms with van der Waals surface area (Å²) in [5.74, 6) is 0.123. The van der Waals surface area contributed by atoms with Gasteiger partial charge in [0.1, 0.15) is 0 Å². The monoisotopic (exact) mass is 240 g/mol. The van der Waals surface area contributed by atoms with Crippen LogP contribution >= 0.6 is 12.4 Å². The zero-order valence-electron chi connectivity index (χ0n) is 9.40. The van der Waals surface area contributed by atoms with E-state index in [1.54, 1.807) is 6.07 Å². The number of hydrogen-bond acceptors (Lipinski definition) is 2. The Morgan fingerprint density at radius 1 is 1.31 bits per heavy atom. The number of carbonyl (C=O) groups is 1. The van der Waals surface area contributed by atoms with Crippen molar-refractivity contribution in [3.63, 3.8) is 0 Å². The Balaban J connectivity index is 0.00000128. The van der Waals surface area contributed by atoms with Crippen LogP contribution in [-0.2, 0) is 0 Å². The Kier molecular flexibility index (Phi) is 4.19. The molecule has 0 aliphatic carbocycles. The van der Waals surface area contributed by atoms with Crippen molar-refractivity contribution in [2.45, 2.75) is 19.8 Å². The number of anilines is 1. The molecule has 1 fully saturated rings. The standard InChI is InChI=1S/C12H16N2O.ClH/c1-9-4-5-10(13)8-11(9)12(15)14-6-2-3-7-14;/h4-5,8H,2-3,6-7,13H2,1H3;1H. The number of nitrogen functional groups attached to an aromatic ring is 1. The van der Waals surface area contributed by atoms with E-state index in [4.69, 9.17) is 5.73 Å². The zero-order chi connectivity index (χ0) is 10.8. The Morgan fingerprint density at radius 3 is 2.56 bits per heavy atom. The zero-order valence-corrected chi connectivity index (χ0v) is 10.2. The first kappa shape index (κ1) is 12.8. The van der Waals surface area contributed by atoms with Crippen molar-refractivity contribution in [3.05, 3.63) is 29.3 Å². The highest BCUT2D eigenvalue weighted by Crippen LogP contribution is 2.18. The minimum Gasteiger partial charge on any atom is -0.399 e. The van der Waals surface area contributed by atoms with Crippen LogP contribution in [0, 0.1) is 6.92 Å². The van der Waals surface area contributed by atoms with E-state index in [-0.39, 0.29) is 18.3 Å². The van der Waals surface area contributed by atoms with Crippen molar-refractivity contribution in [3.8, 4) is 0 Å². The van der Waals surface area contributed by atoms with Gasteiger partial charge >= 0.3 is 0 Å². The fourth-order valence-corrected chi connectivity index (χ4v) is 1.96. The Hall–Kier alpha value is -1.22. The normalized spacial score (nSPS) is 14.7. The van der Waals surface area contributed by atoms with Gasteiger partial charge in [0.15, 0.2) is 0 Å². The van der Waals surface area contributed by atoms with Gasteiger partial charge in [-0.15, -0.1) is 12.4 Å². The SMILES string of the molecule is Cc1ccc(N)cc1C(=O)N1CCCC1.Cl. The summed E-state index contributed by atoms with van der Waals surface area (Å²) in [5.41, 5.74) is 8.10. The van der Waals surface area contributed by atoms with Gasteiger partial charge in [0, 0.05) is 24.3 Å². The van der Waals surface area contributed by atoms with E-state index in [0.717, 1.165) is 37.1 Å². The third-order valence-electron chi connectivity index (χ3n) is 2.89. The maximum Gasteiger partial charge on any atom is 0.254 e. The molecule has 1 amide bonds. The van der Waals surface area contributed by atoms with Crippen LogP contribution < -0.4 is 5.73 Å². The van der Waals surface area contributed by atoms with Gasteiger partial charge in [0.25, 0.3) is 5.91 Å². The average Bonchev–Trinajstić information content (AvgIpc) is 2.74. The summed E-state index contributed by atoms with van der Waals surface area (Å²) in [6.07, 6.45) is 2.24. The summed E-state index contributed by atoms with van der Waals surface area (Å²) in [4.78, 5) is 14.0. The molecule has 4 heteroatoms. The molecular formula is C12H17ClN2O. The molecule has 0 aromatic heterocycles. The Morgan fingerprint density at radius 2 is 1.94 bits per heavy atom. The molecule has 1 aromatic rings. The van der Waals surface area contributed by atoms with Gasteiger partial charge in [-0.2, -0.15) is 0 Å². The summed E-state index contributed by atoms with van der Waals surface area (Å²) in [5, 5.41) is 0. The maximum atomic E-state index is 12.1. The van der Waals surface area contributed by atoms with Crippen LogP contribution in [0.5, 0.6) is 0 Å². The van der Waals surface area contributed by atoms with Crippen LogP contribution in [0.2, 0.25) is 0 Å². The number of nitrogens with zero attached hydrogens (tertiary/aromatic N) is 1. The van der Waals surface area contributed by atoms with Crippen molar-refractivity contribution in [2.75, 3.05) is 18.8 Å². The number of hydrogen-bond donors (Lipinski definition) is 1. The molecule has 1 aliphatic rings. The van der Waals surface area contributed by atoms with E-state index in [2.05, 4.69) is 0 Å². The molecule has 3 nitrogen and oxygen atoms in total. The summed E-state index contributed by atoms with van der Waals surface area (Å²) < 4.78 is 0. The molecule has 0 saturated carbocycles. The van der Waals surface area contributed by atoms with Gasteiger partial charge in [-0.3, -0.25) is 4.79 Å². The molecule has 0 spiro atoms. The van der Waals surface area contributed by atoms with Crippen LogP contribution in [0.15, 0.2) is 18.2 Å². The minimum absolute atomic E-state index is 0. The van der Waals surface area contributed by atoms with Crippen LogP contribution in [0.25, 0.3) is 0 Å². The summed E-state index contributed by atoms with van der Waals surface area (Å²) in [7, 11) is 0. The van der Waals surface area contributed by atoms with Gasteiger partial charge in [0.2, 0.25) is 0 Å². The highest BCUT2D eigenvalue weighted by Gasteiger charge is 2.20. The molecule has 0 unspecified atom stereocenters. The lowest BCUT2D eigenvalue weighted by Crippen LogP contribution is -2.28. The lowest BCUT2D eigenvalue weighted by Gasteiger charge is -2.16. The van der Waals surface area contributed by atoms with Crippen molar-refractivity contribution in [1.82, 2.24) is 4.90 Å². The van der Waals surface area contributed by atoms with Gasteiger partial charge in [-0.05, 0) is 37.5 Å². The molecule has 0 radical (unpaired) electrons. The molecule has 2 rings (SSSR count). The molecule has 1 aromatic carbocycles. The Labute approximate surface area is 102 Å². The van der Waals surface area contributed by atoms with E-state index in [0.29, 0.717) is 5.69 Å². The highest BCUT2D eigenvalue weighted by molar-refractivity contribution is 5.96. The first-order chi connectivity index (χ1) is 7.18. The summed E-state index contributed by atoms with van der Waals surface area (Å²) in [6, 6.07) is 5.50. The van der Waals surface area contributed by atoms with Gasteiger partial charge in [-0.25, -0.2) is 0 Å². The number of carbonyl (C=O) groups excluding carboxylic acids is 1. The number of amides is 1. The summed E-state index contributed by atoms with van der Waals surface area (Å²) in [6.45, 7) is 3.71. The Bertz CT molecular complexity index is 387. The van der Waals surface area contributed by atoms with E-state index >= 15 is 0 Å². The molecule has 88 valence electrons. The second kappa shape index (κ2) is 5.21. The van der Waals surface area contributed by atoms with Crippen molar-refractivity contribution in [2.24, 2.45) is 0 Å². The second-order valence-electron chi connectivity index (χ2n) is 4.07. The maximum absolute atomic E-state index is 12.1. The lowest BCUT2D eigenvalue weighted by molar-refractivity contribution is 0.0792. The van der Waals surface area contributed by atoms with Gasteiger partial charge in [0.05, 0.1) is 0 Å². The highest BCUT2D eigenvalue weighted by atomic mass is 35.5. The first-order valence-corrected chi connectivity index (χ1v) is 5.34. The smallest absolute Gasteiger partial charge is 0.254 e. The molecule has 1 heterocycles. The number of aryl methyl sites for hydroxylation is 1. The van der Waals surface area contributed by atoms with E-state index in [9.17, 15) is 4.79 Å². The third kappa shape index (κ3) is 2.47. The second-order valence-corrected chi connectivity index (χ2v) is 4.07. The fourth-order valence-electron chi connectivity index (χ4n) is 1.96. The van der Waals surface area contributed by atoms with Crippen LogP contribution in [0.4, 0.5) is 5.69 Å². The topological polar surface area (TPSA) is 46.3 Å². The predicted octanol–water partition coefficient (Wildman–Crippen LogP) is 2.24. The number of halogens is 1. The van der Waals surface area contributed by atoms with E-state index in [1.807, 2.05) is 24.0 Å². The third-order valence-corrected chi connectivity index (χ3v) is 2.89. The molecule has 1 saturated heterocycles. The molecular weight excluding hydrogens is 224 g/mol. The molecule has 1 aliphatic heterocycles. The minimum atomic E-state index is 0. The molecule has 0 atom stereocenters. The molecule has 0 bridgehead atoms.